The molecule has 1 aliphatic rings. The van der Waals surface area contributed by atoms with Gasteiger partial charge < -0.3 is 0 Å². The van der Waals surface area contributed by atoms with Crippen molar-refractivity contribution in [2.75, 3.05) is 5.43 Å². The molecule has 0 spiro atoms. The van der Waals surface area contributed by atoms with Crippen LogP contribution in [-0.2, 0) is 12.8 Å². The topological polar surface area (TPSA) is 50.2 Å². The highest BCUT2D eigenvalue weighted by atomic mass is 32.1. The minimum absolute atomic E-state index is 0.128. The lowest BCUT2D eigenvalue weighted by molar-refractivity contribution is 0.598. The molecule has 0 amide bonds. The van der Waals surface area contributed by atoms with Crippen molar-refractivity contribution >= 4 is 33.1 Å². The third-order valence-electron chi connectivity index (χ3n) is 4.15. The first-order chi connectivity index (χ1) is 11.6. The Labute approximate surface area is 141 Å². The number of hydrogen-bond acceptors (Lipinski definition) is 5. The molecule has 4 nitrogen and oxygen atoms in total. The standard InChI is InChI=1S/C17H14F2N4S/c1-9(12-7-10(18)5-6-13(12)19)22-23-16-15-11-3-2-4-14(11)24-17(15)21-8-20-16/h5-8H,2-4H2,1H3,(H,20,21,23)/b22-9-. The van der Waals surface area contributed by atoms with E-state index in [0.717, 1.165) is 47.7 Å². The monoisotopic (exact) mass is 344 g/mol. The highest BCUT2D eigenvalue weighted by molar-refractivity contribution is 7.19. The zero-order chi connectivity index (χ0) is 16.7. The number of benzene rings is 1. The second kappa shape index (κ2) is 5.90. The number of thiophene rings is 1. The maximum absolute atomic E-state index is 13.8. The Bertz CT molecular complexity index is 965. The number of aromatic nitrogens is 2. The van der Waals surface area contributed by atoms with Crippen LogP contribution in [-0.4, -0.2) is 15.7 Å². The summed E-state index contributed by atoms with van der Waals surface area (Å²) < 4.78 is 27.2. The van der Waals surface area contributed by atoms with Gasteiger partial charge in [0.25, 0.3) is 0 Å². The summed E-state index contributed by atoms with van der Waals surface area (Å²) in [5, 5.41) is 5.19. The molecule has 2 heterocycles. The quantitative estimate of drug-likeness (QED) is 0.569. The van der Waals surface area contributed by atoms with Gasteiger partial charge in [-0.1, -0.05) is 0 Å². The Morgan fingerprint density at radius 2 is 2.12 bits per heavy atom. The SMILES string of the molecule is C/C(=N/Nc1ncnc2sc3c(c12)CCC3)c1cc(F)ccc1F. The summed E-state index contributed by atoms with van der Waals surface area (Å²) in [6.07, 6.45) is 4.72. The van der Waals surface area contributed by atoms with Crippen LogP contribution in [0.25, 0.3) is 10.2 Å². The first kappa shape index (κ1) is 15.1. The van der Waals surface area contributed by atoms with Crippen LogP contribution in [0.5, 0.6) is 0 Å². The Morgan fingerprint density at radius 1 is 1.25 bits per heavy atom. The Kier molecular flexibility index (Phi) is 3.72. The molecule has 0 aliphatic heterocycles. The van der Waals surface area contributed by atoms with Crippen LogP contribution >= 0.6 is 11.3 Å². The fourth-order valence-corrected chi connectivity index (χ4v) is 4.21. The average Bonchev–Trinajstić information content (AvgIpc) is 3.15. The smallest absolute Gasteiger partial charge is 0.158 e. The largest absolute Gasteiger partial charge is 0.260 e. The third kappa shape index (κ3) is 2.54. The zero-order valence-electron chi connectivity index (χ0n) is 12.9. The molecule has 1 aromatic carbocycles. The highest BCUT2D eigenvalue weighted by Gasteiger charge is 2.21. The molecule has 2 aromatic heterocycles. The summed E-state index contributed by atoms with van der Waals surface area (Å²) in [6.45, 7) is 1.63. The predicted octanol–water partition coefficient (Wildman–Crippen LogP) is 4.29. The number of nitrogens with zero attached hydrogens (tertiary/aromatic N) is 3. The fraction of sp³-hybridized carbons (Fsp3) is 0.235. The Morgan fingerprint density at radius 3 is 3.00 bits per heavy atom. The molecule has 122 valence electrons. The van der Waals surface area contributed by atoms with Gasteiger partial charge in [-0.2, -0.15) is 5.10 Å². The molecule has 24 heavy (non-hydrogen) atoms. The van der Waals surface area contributed by atoms with Crippen molar-refractivity contribution in [2.24, 2.45) is 5.10 Å². The van der Waals surface area contributed by atoms with E-state index in [4.69, 9.17) is 0 Å². The van der Waals surface area contributed by atoms with Crippen molar-refractivity contribution in [3.05, 3.63) is 52.2 Å². The van der Waals surface area contributed by atoms with Crippen LogP contribution in [0.1, 0.15) is 29.3 Å². The van der Waals surface area contributed by atoms with Gasteiger partial charge in [0.2, 0.25) is 0 Å². The number of hydrazone groups is 1. The van der Waals surface area contributed by atoms with E-state index in [1.54, 1.807) is 18.3 Å². The van der Waals surface area contributed by atoms with E-state index in [-0.39, 0.29) is 5.56 Å². The fourth-order valence-electron chi connectivity index (χ4n) is 2.99. The Hall–Kier alpha value is -2.41. The first-order valence-corrected chi connectivity index (χ1v) is 8.46. The minimum atomic E-state index is -0.510. The molecule has 0 radical (unpaired) electrons. The van der Waals surface area contributed by atoms with Gasteiger partial charge in [0.05, 0.1) is 11.1 Å². The summed E-state index contributed by atoms with van der Waals surface area (Å²) >= 11 is 1.69. The average molecular weight is 344 g/mol. The molecule has 4 rings (SSSR count). The van der Waals surface area contributed by atoms with E-state index in [0.29, 0.717) is 11.5 Å². The molecule has 0 fully saturated rings. The normalized spacial score (nSPS) is 14.2. The van der Waals surface area contributed by atoms with Crippen LogP contribution in [0.3, 0.4) is 0 Å². The Balaban J connectivity index is 1.71. The van der Waals surface area contributed by atoms with Gasteiger partial charge >= 0.3 is 0 Å². The van der Waals surface area contributed by atoms with E-state index in [2.05, 4.69) is 20.5 Å². The van der Waals surface area contributed by atoms with Crippen LogP contribution in [0.4, 0.5) is 14.6 Å². The lowest BCUT2D eigenvalue weighted by atomic mass is 10.1. The summed E-state index contributed by atoms with van der Waals surface area (Å²) in [4.78, 5) is 10.9. The summed E-state index contributed by atoms with van der Waals surface area (Å²) in [6, 6.07) is 3.31. The molecule has 3 aromatic rings. The van der Waals surface area contributed by atoms with Crippen molar-refractivity contribution in [1.82, 2.24) is 9.97 Å². The van der Waals surface area contributed by atoms with Gasteiger partial charge in [-0.05, 0) is 49.9 Å². The number of fused-ring (bicyclic) bond motifs is 3. The molecule has 0 atom stereocenters. The summed E-state index contributed by atoms with van der Waals surface area (Å²) in [5.74, 6) is -0.402. The van der Waals surface area contributed by atoms with Gasteiger partial charge in [-0.3, -0.25) is 5.43 Å². The van der Waals surface area contributed by atoms with Crippen LogP contribution in [0, 0.1) is 11.6 Å². The summed E-state index contributed by atoms with van der Waals surface area (Å²) in [5.41, 5.74) is 4.66. The van der Waals surface area contributed by atoms with Gasteiger partial charge in [0.15, 0.2) is 5.82 Å². The number of hydrogen-bond donors (Lipinski definition) is 1. The second-order valence-electron chi connectivity index (χ2n) is 5.69. The van der Waals surface area contributed by atoms with Gasteiger partial charge in [-0.15, -0.1) is 11.3 Å². The number of rotatable bonds is 3. The molecule has 0 saturated heterocycles. The number of nitrogens with one attached hydrogen (secondary N) is 1. The second-order valence-corrected chi connectivity index (χ2v) is 6.78. The van der Waals surface area contributed by atoms with E-state index >= 15 is 0 Å². The molecule has 1 aliphatic carbocycles. The van der Waals surface area contributed by atoms with E-state index in [9.17, 15) is 8.78 Å². The highest BCUT2D eigenvalue weighted by Crippen LogP contribution is 2.38. The molecule has 0 unspecified atom stereocenters. The minimum Gasteiger partial charge on any atom is -0.260 e. The lowest BCUT2D eigenvalue weighted by Crippen LogP contribution is -2.04. The van der Waals surface area contributed by atoms with Crippen molar-refractivity contribution in [3.63, 3.8) is 0 Å². The van der Waals surface area contributed by atoms with Crippen LogP contribution < -0.4 is 5.43 Å². The molecule has 7 heteroatoms. The van der Waals surface area contributed by atoms with Gasteiger partial charge in [0.1, 0.15) is 22.8 Å². The number of aryl methyl sites for hydroxylation is 2. The molecule has 0 saturated carbocycles. The molecular formula is C17H14F2N4S. The number of anilines is 1. The third-order valence-corrected chi connectivity index (χ3v) is 5.35. The first-order valence-electron chi connectivity index (χ1n) is 7.64. The van der Waals surface area contributed by atoms with E-state index < -0.39 is 11.6 Å². The molecular weight excluding hydrogens is 330 g/mol. The predicted molar refractivity (Wildman–Crippen MR) is 91.6 cm³/mol. The van der Waals surface area contributed by atoms with Crippen molar-refractivity contribution in [3.8, 4) is 0 Å². The summed E-state index contributed by atoms with van der Waals surface area (Å²) in [7, 11) is 0. The van der Waals surface area contributed by atoms with Gasteiger partial charge in [-0.25, -0.2) is 18.7 Å². The van der Waals surface area contributed by atoms with E-state index in [1.807, 2.05) is 0 Å². The van der Waals surface area contributed by atoms with Crippen LogP contribution in [0.15, 0.2) is 29.6 Å². The van der Waals surface area contributed by atoms with Gasteiger partial charge in [0, 0.05) is 10.4 Å². The van der Waals surface area contributed by atoms with Crippen molar-refractivity contribution in [1.29, 1.82) is 0 Å². The van der Waals surface area contributed by atoms with Crippen molar-refractivity contribution in [2.45, 2.75) is 26.2 Å². The lowest BCUT2D eigenvalue weighted by Gasteiger charge is -2.06. The van der Waals surface area contributed by atoms with Crippen LogP contribution in [0.2, 0.25) is 0 Å². The molecule has 1 N–H and O–H groups in total. The maximum atomic E-state index is 13.8. The zero-order valence-corrected chi connectivity index (χ0v) is 13.8. The van der Waals surface area contributed by atoms with Crippen molar-refractivity contribution < 1.29 is 8.78 Å². The maximum Gasteiger partial charge on any atom is 0.158 e. The number of halogens is 2. The molecule has 0 bridgehead atoms. The van der Waals surface area contributed by atoms with E-state index in [1.165, 1.54) is 16.8 Å².